The molecule has 3 aromatic carbocycles. The number of thiophene rings is 1. The van der Waals surface area contributed by atoms with Gasteiger partial charge in [0.2, 0.25) is 0 Å². The zero-order valence-corrected chi connectivity index (χ0v) is 17.6. The fourth-order valence-electron chi connectivity index (χ4n) is 3.51. The Morgan fingerprint density at radius 2 is 1.41 bits per heavy atom. The minimum atomic E-state index is -11.0. The van der Waals surface area contributed by atoms with E-state index in [1.807, 2.05) is 24.3 Å². The van der Waals surface area contributed by atoms with Crippen molar-refractivity contribution < 1.29 is 14.5 Å². The molecule has 0 unspecified atom stereocenters. The van der Waals surface area contributed by atoms with E-state index in [1.165, 1.54) is 35.6 Å². The van der Waals surface area contributed by atoms with Crippen molar-refractivity contribution in [3.8, 4) is 10.6 Å². The van der Waals surface area contributed by atoms with Gasteiger partial charge in [-0.25, -0.2) is 0 Å². The third-order valence-corrected chi connectivity index (χ3v) is 9.15. The van der Waals surface area contributed by atoms with Crippen molar-refractivity contribution in [1.82, 2.24) is 9.97 Å². The number of hydrogen-bond acceptors (Lipinski definition) is 3. The Hall–Kier alpha value is -2.34. The van der Waals surface area contributed by atoms with Gasteiger partial charge in [0.25, 0.3) is 0 Å². The second-order valence-corrected chi connectivity index (χ2v) is 14.4. The van der Waals surface area contributed by atoms with Gasteiger partial charge in [0.15, 0.2) is 0 Å². The van der Waals surface area contributed by atoms with Crippen molar-refractivity contribution >= 4 is 65.0 Å². The van der Waals surface area contributed by atoms with Crippen LogP contribution in [0.3, 0.4) is 0 Å². The summed E-state index contributed by atoms with van der Waals surface area (Å²) in [6.07, 6.45) is 0.918. The Morgan fingerprint density at radius 3 is 2.14 bits per heavy atom. The molecular formula is C20H11F5N2STe. The normalized spacial score (nSPS) is 14.9. The second kappa shape index (κ2) is 5.42. The third kappa shape index (κ3) is 3.14. The van der Waals surface area contributed by atoms with Crippen LogP contribution in [0.4, 0.5) is 14.5 Å². The molecule has 2 nitrogen and oxygen atoms in total. The molecule has 0 aliphatic carbocycles. The first-order chi connectivity index (χ1) is 13.5. The Kier molecular flexibility index (Phi) is 3.49. The van der Waals surface area contributed by atoms with E-state index < -0.39 is 32.8 Å². The van der Waals surface area contributed by atoms with Gasteiger partial charge in [-0.2, -0.15) is 0 Å². The number of rotatable bonds is 2. The first kappa shape index (κ1) is 18.7. The third-order valence-electron chi connectivity index (χ3n) is 4.65. The van der Waals surface area contributed by atoms with E-state index in [4.69, 9.17) is 0 Å². The average Bonchev–Trinajstić information content (AvgIpc) is 3.07. The molecule has 148 valence electrons. The number of nitrogens with zero attached hydrogens (tertiary/aromatic N) is 2. The van der Waals surface area contributed by atoms with Gasteiger partial charge >= 0.3 is 167 Å². The molecule has 0 bridgehead atoms. The molecule has 0 atom stereocenters. The predicted octanol–water partition coefficient (Wildman–Crippen LogP) is 6.56. The van der Waals surface area contributed by atoms with Gasteiger partial charge in [-0.3, -0.25) is 0 Å². The molecule has 0 amide bonds. The summed E-state index contributed by atoms with van der Waals surface area (Å²) in [5, 5.41) is 0.400. The summed E-state index contributed by atoms with van der Waals surface area (Å²) in [4.78, 5) is 8.42. The molecule has 0 radical (unpaired) electrons. The fraction of sp³-hybridized carbons (Fsp3) is 0. The number of aromatic nitrogens is 2. The Morgan fingerprint density at radius 1 is 0.724 bits per heavy atom. The van der Waals surface area contributed by atoms with Crippen LogP contribution < -0.4 is 3.61 Å². The van der Waals surface area contributed by atoms with Crippen LogP contribution in [0.5, 0.6) is 0 Å². The van der Waals surface area contributed by atoms with E-state index >= 15 is 0 Å². The molecule has 0 aliphatic heterocycles. The monoisotopic (exact) mass is 536 g/mol. The van der Waals surface area contributed by atoms with Crippen LogP contribution in [0.2, 0.25) is 0 Å². The summed E-state index contributed by atoms with van der Waals surface area (Å²) < 4.78 is 69.7. The minimum absolute atomic E-state index is 0.0368. The average molecular weight is 534 g/mol. The van der Waals surface area contributed by atoms with Crippen molar-refractivity contribution in [3.05, 3.63) is 67.0 Å². The maximum atomic E-state index is 14.1. The van der Waals surface area contributed by atoms with E-state index in [9.17, 15) is 14.5 Å². The van der Waals surface area contributed by atoms with Crippen LogP contribution >= 0.6 is 11.3 Å². The molecule has 0 spiro atoms. The molecular weight excluding hydrogens is 523 g/mol. The van der Waals surface area contributed by atoms with Gasteiger partial charge in [-0.1, -0.05) is 0 Å². The van der Waals surface area contributed by atoms with E-state index in [1.54, 1.807) is 6.07 Å². The summed E-state index contributed by atoms with van der Waals surface area (Å²) in [6.45, 7) is 0. The molecule has 29 heavy (non-hydrogen) atoms. The van der Waals surface area contributed by atoms with Crippen molar-refractivity contribution in [2.75, 3.05) is 0 Å². The van der Waals surface area contributed by atoms with E-state index in [-0.39, 0.29) is 16.5 Å². The first-order valence-corrected chi connectivity index (χ1v) is 14.8. The van der Waals surface area contributed by atoms with Crippen LogP contribution in [-0.4, -0.2) is 28.2 Å². The molecule has 0 fully saturated rings. The van der Waals surface area contributed by atoms with Gasteiger partial charge in [-0.15, -0.1) is 0 Å². The van der Waals surface area contributed by atoms with E-state index in [0.717, 1.165) is 22.5 Å². The number of benzene rings is 3. The van der Waals surface area contributed by atoms with Gasteiger partial charge in [0.1, 0.15) is 0 Å². The Bertz CT molecular complexity index is 1410. The van der Waals surface area contributed by atoms with Crippen LogP contribution in [-0.2, 0) is 0 Å². The first-order valence-electron chi connectivity index (χ1n) is 8.41. The Balaban J connectivity index is 1.96. The van der Waals surface area contributed by atoms with Crippen LogP contribution in [0.1, 0.15) is 0 Å². The summed E-state index contributed by atoms with van der Waals surface area (Å²) >= 11 is -9.66. The zero-order chi connectivity index (χ0) is 20.5. The van der Waals surface area contributed by atoms with Crippen molar-refractivity contribution in [3.63, 3.8) is 0 Å². The maximum absolute atomic E-state index is 14.1. The second-order valence-electron chi connectivity index (χ2n) is 6.66. The van der Waals surface area contributed by atoms with E-state index in [0.29, 0.717) is 4.88 Å². The Labute approximate surface area is 166 Å². The SMILES string of the molecule is F[Te](F)(F)(F)(F)c1c2ccccc2cc2c(-c3cc4ccccc4s3)ncnc12. The molecule has 2 heterocycles. The molecule has 0 saturated carbocycles. The summed E-state index contributed by atoms with van der Waals surface area (Å²) in [7, 11) is 0. The topological polar surface area (TPSA) is 25.8 Å². The van der Waals surface area contributed by atoms with Crippen molar-refractivity contribution in [2.24, 2.45) is 0 Å². The molecule has 0 N–H and O–H groups in total. The van der Waals surface area contributed by atoms with Crippen molar-refractivity contribution in [1.29, 1.82) is 0 Å². The summed E-state index contributed by atoms with van der Waals surface area (Å²) in [5.41, 5.74) is -0.545. The molecule has 0 saturated heterocycles. The van der Waals surface area contributed by atoms with Crippen molar-refractivity contribution in [2.45, 2.75) is 0 Å². The molecule has 9 heteroatoms. The molecule has 2 aromatic heterocycles. The van der Waals surface area contributed by atoms with Gasteiger partial charge < -0.3 is 0 Å². The van der Waals surface area contributed by atoms with Crippen LogP contribution in [0.25, 0.3) is 42.3 Å². The quantitative estimate of drug-likeness (QED) is 0.146. The molecule has 5 aromatic rings. The summed E-state index contributed by atoms with van der Waals surface area (Å²) in [5.74, 6) is 0. The number of hydrogen-bond donors (Lipinski definition) is 0. The van der Waals surface area contributed by atoms with Crippen LogP contribution in [0.15, 0.2) is 67.0 Å². The number of halogens is 5. The van der Waals surface area contributed by atoms with Gasteiger partial charge in [0.05, 0.1) is 0 Å². The van der Waals surface area contributed by atoms with E-state index in [2.05, 4.69) is 9.97 Å². The molecule has 0 aliphatic rings. The standard InChI is InChI=1S/C20H11F5N2STe/c21-29(22,23,24,25)20-14-7-3-1-5-12(14)9-15-18(26-11-27-19(15)20)17-10-13-6-2-4-8-16(13)28-17/h1-11H. The van der Waals surface area contributed by atoms with Crippen LogP contribution in [0, 0.1) is 0 Å². The zero-order valence-electron chi connectivity index (χ0n) is 14.5. The molecule has 5 rings (SSSR count). The summed E-state index contributed by atoms with van der Waals surface area (Å²) in [6, 6.07) is 16.0. The van der Waals surface area contributed by atoms with Gasteiger partial charge in [0, 0.05) is 0 Å². The predicted molar refractivity (Wildman–Crippen MR) is 109 cm³/mol. The fourth-order valence-corrected chi connectivity index (χ4v) is 7.81. The number of fused-ring (bicyclic) bond motifs is 3. The van der Waals surface area contributed by atoms with Gasteiger partial charge in [-0.05, 0) is 0 Å².